The van der Waals surface area contributed by atoms with Crippen molar-refractivity contribution in [3.05, 3.63) is 65.9 Å². The zero-order valence-corrected chi connectivity index (χ0v) is 12.6. The molecule has 0 saturated carbocycles. The molecule has 5 nitrogen and oxygen atoms in total. The molecular formula is C15H11F2N3O2S. The molecule has 2 heterocycles. The monoisotopic (exact) mass is 335 g/mol. The summed E-state index contributed by atoms with van der Waals surface area (Å²) >= 11 is 1.17. The summed E-state index contributed by atoms with van der Waals surface area (Å²) in [7, 11) is 0. The van der Waals surface area contributed by atoms with Crippen LogP contribution in [0.1, 0.15) is 16.1 Å². The van der Waals surface area contributed by atoms with Crippen molar-refractivity contribution in [1.29, 1.82) is 0 Å². The van der Waals surface area contributed by atoms with Crippen LogP contribution in [0.15, 0.2) is 52.5 Å². The number of aromatic nitrogens is 3. The Kier molecular flexibility index (Phi) is 4.52. The number of carbonyl (C=O) groups is 1. The number of hydrogen-bond acceptors (Lipinski definition) is 5. The maximum Gasteiger partial charge on any atom is 0.191 e. The van der Waals surface area contributed by atoms with Gasteiger partial charge in [0, 0.05) is 5.56 Å². The fraction of sp³-hybridized carbons (Fsp3) is 0.133. The van der Waals surface area contributed by atoms with Gasteiger partial charge in [0.1, 0.15) is 12.1 Å². The van der Waals surface area contributed by atoms with Gasteiger partial charge in [0.2, 0.25) is 0 Å². The highest BCUT2D eigenvalue weighted by atomic mass is 32.2. The highest BCUT2D eigenvalue weighted by Crippen LogP contribution is 2.19. The molecule has 0 aliphatic rings. The first-order valence-corrected chi connectivity index (χ1v) is 7.63. The first kappa shape index (κ1) is 15.4. The zero-order chi connectivity index (χ0) is 16.2. The molecule has 0 aliphatic carbocycles. The van der Waals surface area contributed by atoms with Gasteiger partial charge in [0.15, 0.2) is 22.6 Å². The summed E-state index contributed by atoms with van der Waals surface area (Å²) in [6, 6.07) is 6.69. The van der Waals surface area contributed by atoms with Gasteiger partial charge < -0.3 is 8.98 Å². The van der Waals surface area contributed by atoms with Crippen LogP contribution in [-0.4, -0.2) is 26.3 Å². The van der Waals surface area contributed by atoms with Gasteiger partial charge in [0.05, 0.1) is 18.6 Å². The summed E-state index contributed by atoms with van der Waals surface area (Å²) in [5.74, 6) is -1.56. The van der Waals surface area contributed by atoms with Crippen LogP contribution in [0, 0.1) is 11.6 Å². The van der Waals surface area contributed by atoms with E-state index in [4.69, 9.17) is 4.42 Å². The number of thioether (sulfide) groups is 1. The van der Waals surface area contributed by atoms with Crippen molar-refractivity contribution in [2.24, 2.45) is 0 Å². The third kappa shape index (κ3) is 3.65. The Morgan fingerprint density at radius 1 is 1.26 bits per heavy atom. The molecule has 8 heteroatoms. The number of carbonyl (C=O) groups excluding carboxylic acids is 1. The lowest BCUT2D eigenvalue weighted by atomic mass is 10.1. The molecule has 1 aromatic carbocycles. The molecule has 3 aromatic rings. The third-order valence-corrected chi connectivity index (χ3v) is 4.04. The number of Topliss-reactive ketones (excluding diaryl/α,β-unsaturated/α-hetero) is 1. The summed E-state index contributed by atoms with van der Waals surface area (Å²) in [4.78, 5) is 12.0. The van der Waals surface area contributed by atoms with Crippen LogP contribution >= 0.6 is 11.8 Å². The van der Waals surface area contributed by atoms with E-state index >= 15 is 0 Å². The Labute approximate surface area is 134 Å². The molecule has 0 atom stereocenters. The van der Waals surface area contributed by atoms with Gasteiger partial charge in [-0.05, 0) is 30.3 Å². The van der Waals surface area contributed by atoms with Gasteiger partial charge in [-0.2, -0.15) is 0 Å². The summed E-state index contributed by atoms with van der Waals surface area (Å²) < 4.78 is 33.0. The van der Waals surface area contributed by atoms with Gasteiger partial charge >= 0.3 is 0 Å². The molecule has 0 amide bonds. The molecule has 2 aromatic heterocycles. The van der Waals surface area contributed by atoms with Crippen molar-refractivity contribution >= 4 is 17.5 Å². The molecule has 3 rings (SSSR count). The van der Waals surface area contributed by atoms with E-state index in [1.807, 2.05) is 6.07 Å². The molecule has 0 radical (unpaired) electrons. The second-order valence-electron chi connectivity index (χ2n) is 4.66. The average Bonchev–Trinajstić information content (AvgIpc) is 3.20. The lowest BCUT2D eigenvalue weighted by Gasteiger charge is -2.04. The minimum atomic E-state index is -1.04. The van der Waals surface area contributed by atoms with E-state index in [-0.39, 0.29) is 17.1 Å². The number of rotatable bonds is 6. The maximum atomic E-state index is 13.2. The lowest BCUT2D eigenvalue weighted by Crippen LogP contribution is -2.06. The van der Waals surface area contributed by atoms with Crippen LogP contribution in [0.4, 0.5) is 8.78 Å². The van der Waals surface area contributed by atoms with Crippen molar-refractivity contribution in [3.63, 3.8) is 0 Å². The number of benzene rings is 1. The number of ketones is 1. The molecule has 118 valence electrons. The molecule has 0 fully saturated rings. The Balaban J connectivity index is 1.65. The van der Waals surface area contributed by atoms with Crippen molar-refractivity contribution in [2.45, 2.75) is 11.7 Å². The topological polar surface area (TPSA) is 60.9 Å². The van der Waals surface area contributed by atoms with E-state index < -0.39 is 11.6 Å². The van der Waals surface area contributed by atoms with Gasteiger partial charge in [-0.3, -0.25) is 4.79 Å². The molecule has 0 aliphatic heterocycles. The molecule has 23 heavy (non-hydrogen) atoms. The third-order valence-electron chi connectivity index (χ3n) is 3.06. The second kappa shape index (κ2) is 6.74. The van der Waals surface area contributed by atoms with E-state index in [1.54, 1.807) is 16.9 Å². The standard InChI is InChI=1S/C15H11F2N3O2S/c16-12-4-3-10(6-13(12)17)14(21)8-23-15-19-18-9-20(15)7-11-2-1-5-22-11/h1-6,9H,7-8H2. The number of hydrogen-bond donors (Lipinski definition) is 0. The highest BCUT2D eigenvalue weighted by molar-refractivity contribution is 7.99. The van der Waals surface area contributed by atoms with Crippen molar-refractivity contribution in [1.82, 2.24) is 14.8 Å². The normalized spacial score (nSPS) is 10.9. The van der Waals surface area contributed by atoms with E-state index in [1.165, 1.54) is 24.2 Å². The summed E-state index contributed by atoms with van der Waals surface area (Å²) in [5.41, 5.74) is 0.119. The van der Waals surface area contributed by atoms with Crippen LogP contribution in [-0.2, 0) is 6.54 Å². The minimum absolute atomic E-state index is 0.0436. The first-order chi connectivity index (χ1) is 11.1. The molecule has 0 saturated heterocycles. The SMILES string of the molecule is O=C(CSc1nncn1Cc1ccco1)c1ccc(F)c(F)c1. The van der Waals surface area contributed by atoms with Gasteiger partial charge in [-0.1, -0.05) is 11.8 Å². The molecular weight excluding hydrogens is 324 g/mol. The quantitative estimate of drug-likeness (QED) is 0.511. The second-order valence-corrected chi connectivity index (χ2v) is 5.60. The summed E-state index contributed by atoms with van der Waals surface area (Å²) in [6.07, 6.45) is 3.10. The predicted molar refractivity (Wildman–Crippen MR) is 79.2 cm³/mol. The van der Waals surface area contributed by atoms with Crippen LogP contribution in [0.25, 0.3) is 0 Å². The fourth-order valence-corrected chi connectivity index (χ4v) is 2.73. The van der Waals surface area contributed by atoms with Crippen molar-refractivity contribution < 1.29 is 18.0 Å². The molecule has 0 bridgehead atoms. The Hall–Kier alpha value is -2.48. The zero-order valence-electron chi connectivity index (χ0n) is 11.8. The van der Waals surface area contributed by atoms with E-state index in [0.29, 0.717) is 11.7 Å². The van der Waals surface area contributed by atoms with Crippen LogP contribution < -0.4 is 0 Å². The highest BCUT2D eigenvalue weighted by Gasteiger charge is 2.13. The van der Waals surface area contributed by atoms with E-state index in [9.17, 15) is 13.6 Å². The van der Waals surface area contributed by atoms with Crippen molar-refractivity contribution in [3.8, 4) is 0 Å². The molecule has 0 N–H and O–H groups in total. The van der Waals surface area contributed by atoms with Gasteiger partial charge in [0.25, 0.3) is 0 Å². The van der Waals surface area contributed by atoms with E-state index in [2.05, 4.69) is 10.2 Å². The van der Waals surface area contributed by atoms with Crippen LogP contribution in [0.5, 0.6) is 0 Å². The minimum Gasteiger partial charge on any atom is -0.467 e. The average molecular weight is 335 g/mol. The van der Waals surface area contributed by atoms with E-state index in [0.717, 1.165) is 17.9 Å². The Morgan fingerprint density at radius 3 is 2.87 bits per heavy atom. The lowest BCUT2D eigenvalue weighted by molar-refractivity contribution is 0.102. The Bertz CT molecular complexity index is 818. The smallest absolute Gasteiger partial charge is 0.191 e. The number of furan rings is 1. The van der Waals surface area contributed by atoms with Crippen LogP contribution in [0.3, 0.4) is 0 Å². The molecule has 0 spiro atoms. The van der Waals surface area contributed by atoms with Crippen LogP contribution in [0.2, 0.25) is 0 Å². The summed E-state index contributed by atoms with van der Waals surface area (Å²) in [5, 5.41) is 8.29. The molecule has 0 unspecified atom stereocenters. The number of halogens is 2. The van der Waals surface area contributed by atoms with Crippen molar-refractivity contribution in [2.75, 3.05) is 5.75 Å². The fourth-order valence-electron chi connectivity index (χ4n) is 1.92. The predicted octanol–water partition coefficient (Wildman–Crippen LogP) is 3.17. The van der Waals surface area contributed by atoms with Gasteiger partial charge in [-0.15, -0.1) is 10.2 Å². The largest absolute Gasteiger partial charge is 0.467 e. The summed E-state index contributed by atoms with van der Waals surface area (Å²) in [6.45, 7) is 0.446. The maximum absolute atomic E-state index is 13.2. The van der Waals surface area contributed by atoms with Gasteiger partial charge in [-0.25, -0.2) is 8.78 Å². The first-order valence-electron chi connectivity index (χ1n) is 6.65. The Morgan fingerprint density at radius 2 is 2.13 bits per heavy atom. The number of nitrogens with zero attached hydrogens (tertiary/aromatic N) is 3.